The molecule has 26 heavy (non-hydrogen) atoms. The Kier molecular flexibility index (Phi) is 5.81. The summed E-state index contributed by atoms with van der Waals surface area (Å²) in [5, 5.41) is 12.9. The lowest BCUT2D eigenvalue weighted by molar-refractivity contribution is -0.111. The van der Waals surface area contributed by atoms with Crippen LogP contribution in [0.4, 0.5) is 9.80 Å². The number of rotatable bonds is 4. The normalized spacial score (nSPS) is 13.5. The number of anilines is 1. The van der Waals surface area contributed by atoms with Crippen molar-refractivity contribution in [1.82, 2.24) is 4.90 Å². The molecule has 1 aliphatic rings. The first-order valence-electron chi connectivity index (χ1n) is 8.11. The van der Waals surface area contributed by atoms with E-state index in [4.69, 9.17) is 4.42 Å². The van der Waals surface area contributed by atoms with Crippen molar-refractivity contribution in [2.24, 2.45) is 0 Å². The van der Waals surface area contributed by atoms with Gasteiger partial charge in [0, 0.05) is 17.5 Å². The SMILES string of the molecule is CCSC(=O)N1CCc2c(sc(NC(=O)C=Cc3ccco3)c2C#N)C1. The Morgan fingerprint density at radius 1 is 1.54 bits per heavy atom. The van der Waals surface area contributed by atoms with Crippen molar-refractivity contribution < 1.29 is 14.0 Å². The van der Waals surface area contributed by atoms with E-state index in [2.05, 4.69) is 11.4 Å². The van der Waals surface area contributed by atoms with Crippen molar-refractivity contribution in [3.05, 3.63) is 46.2 Å². The van der Waals surface area contributed by atoms with Crippen LogP contribution in [-0.2, 0) is 17.8 Å². The molecule has 0 fully saturated rings. The minimum Gasteiger partial charge on any atom is -0.465 e. The second kappa shape index (κ2) is 8.25. The maximum absolute atomic E-state index is 12.1. The molecule has 2 amide bonds. The summed E-state index contributed by atoms with van der Waals surface area (Å²) < 4.78 is 5.14. The number of fused-ring (bicyclic) bond motifs is 1. The van der Waals surface area contributed by atoms with E-state index in [1.165, 1.54) is 35.4 Å². The number of nitriles is 1. The van der Waals surface area contributed by atoms with Crippen LogP contribution in [0.3, 0.4) is 0 Å². The summed E-state index contributed by atoms with van der Waals surface area (Å²) in [6.07, 6.45) is 5.09. The Morgan fingerprint density at radius 3 is 3.08 bits per heavy atom. The fourth-order valence-electron chi connectivity index (χ4n) is 2.68. The molecule has 1 N–H and O–H groups in total. The molecule has 0 radical (unpaired) electrons. The van der Waals surface area contributed by atoms with Crippen LogP contribution in [0, 0.1) is 11.3 Å². The minimum atomic E-state index is -0.328. The molecule has 1 aliphatic heterocycles. The molecule has 0 spiro atoms. The van der Waals surface area contributed by atoms with Gasteiger partial charge in [0.15, 0.2) is 0 Å². The number of carbonyl (C=O) groups is 2. The summed E-state index contributed by atoms with van der Waals surface area (Å²) in [4.78, 5) is 27.0. The number of furan rings is 1. The van der Waals surface area contributed by atoms with E-state index in [1.807, 2.05) is 6.92 Å². The quantitative estimate of drug-likeness (QED) is 0.798. The Hall–Kier alpha value is -2.50. The van der Waals surface area contributed by atoms with Gasteiger partial charge in [-0.25, -0.2) is 0 Å². The summed E-state index contributed by atoms with van der Waals surface area (Å²) in [5.41, 5.74) is 1.44. The fraction of sp³-hybridized carbons (Fsp3) is 0.278. The second-order valence-electron chi connectivity index (χ2n) is 5.53. The molecule has 0 saturated heterocycles. The summed E-state index contributed by atoms with van der Waals surface area (Å²) in [6, 6.07) is 5.68. The van der Waals surface area contributed by atoms with Crippen LogP contribution >= 0.6 is 23.1 Å². The smallest absolute Gasteiger partial charge is 0.281 e. The maximum Gasteiger partial charge on any atom is 0.281 e. The van der Waals surface area contributed by atoms with Crippen LogP contribution in [0.5, 0.6) is 0 Å². The van der Waals surface area contributed by atoms with Crippen molar-refractivity contribution in [2.75, 3.05) is 17.6 Å². The van der Waals surface area contributed by atoms with Crippen molar-refractivity contribution in [1.29, 1.82) is 5.26 Å². The molecule has 0 unspecified atom stereocenters. The molecular formula is C18H17N3O3S2. The van der Waals surface area contributed by atoms with Crippen LogP contribution in [0.25, 0.3) is 6.08 Å². The van der Waals surface area contributed by atoms with Gasteiger partial charge in [0.2, 0.25) is 5.91 Å². The zero-order valence-electron chi connectivity index (χ0n) is 14.2. The van der Waals surface area contributed by atoms with Gasteiger partial charge in [-0.2, -0.15) is 5.26 Å². The number of thioether (sulfide) groups is 1. The largest absolute Gasteiger partial charge is 0.465 e. The highest BCUT2D eigenvalue weighted by Crippen LogP contribution is 2.37. The first-order valence-corrected chi connectivity index (χ1v) is 9.91. The average Bonchev–Trinajstić information content (AvgIpc) is 3.26. The predicted molar refractivity (Wildman–Crippen MR) is 103 cm³/mol. The van der Waals surface area contributed by atoms with Crippen molar-refractivity contribution in [2.45, 2.75) is 19.9 Å². The van der Waals surface area contributed by atoms with Crippen molar-refractivity contribution in [3.63, 3.8) is 0 Å². The predicted octanol–water partition coefficient (Wildman–Crippen LogP) is 4.10. The third kappa shape index (κ3) is 4.00. The molecule has 3 heterocycles. The molecule has 2 aromatic rings. The molecule has 8 heteroatoms. The Bertz CT molecular complexity index is 878. The average molecular weight is 387 g/mol. The van der Waals surface area contributed by atoms with E-state index < -0.39 is 0 Å². The third-order valence-electron chi connectivity index (χ3n) is 3.87. The van der Waals surface area contributed by atoms with E-state index in [9.17, 15) is 14.9 Å². The highest BCUT2D eigenvalue weighted by atomic mass is 32.2. The van der Waals surface area contributed by atoms with Gasteiger partial charge in [0.1, 0.15) is 16.8 Å². The molecular weight excluding hydrogens is 370 g/mol. The lowest BCUT2D eigenvalue weighted by atomic mass is 10.0. The molecule has 0 saturated carbocycles. The Labute approximate surface area is 159 Å². The lowest BCUT2D eigenvalue weighted by Gasteiger charge is -2.26. The first kappa shape index (κ1) is 18.3. The molecule has 0 aromatic carbocycles. The van der Waals surface area contributed by atoms with Gasteiger partial charge in [0.05, 0.1) is 18.4 Å². The zero-order chi connectivity index (χ0) is 18.5. The van der Waals surface area contributed by atoms with Crippen LogP contribution in [0.2, 0.25) is 0 Å². The van der Waals surface area contributed by atoms with Crippen LogP contribution in [-0.4, -0.2) is 28.3 Å². The number of amides is 2. The van der Waals surface area contributed by atoms with Gasteiger partial charge in [-0.1, -0.05) is 18.7 Å². The highest BCUT2D eigenvalue weighted by molar-refractivity contribution is 8.13. The van der Waals surface area contributed by atoms with Gasteiger partial charge in [-0.3, -0.25) is 9.59 Å². The molecule has 0 atom stereocenters. The number of thiophene rings is 1. The molecule has 2 aromatic heterocycles. The lowest BCUT2D eigenvalue weighted by Crippen LogP contribution is -2.32. The summed E-state index contributed by atoms with van der Waals surface area (Å²) in [6.45, 7) is 3.02. The number of nitrogens with zero attached hydrogens (tertiary/aromatic N) is 2. The Morgan fingerprint density at radius 2 is 2.38 bits per heavy atom. The summed E-state index contributed by atoms with van der Waals surface area (Å²) in [5.74, 6) is 0.985. The maximum atomic E-state index is 12.1. The van der Waals surface area contributed by atoms with Crippen molar-refractivity contribution in [3.8, 4) is 6.07 Å². The molecule has 134 valence electrons. The van der Waals surface area contributed by atoms with Gasteiger partial charge in [-0.15, -0.1) is 11.3 Å². The van der Waals surface area contributed by atoms with Gasteiger partial charge in [-0.05, 0) is 35.9 Å². The van der Waals surface area contributed by atoms with Crippen LogP contribution in [0.1, 0.15) is 28.7 Å². The molecule has 3 rings (SSSR count). The van der Waals surface area contributed by atoms with E-state index in [1.54, 1.807) is 23.1 Å². The fourth-order valence-corrected chi connectivity index (χ4v) is 4.48. The van der Waals surface area contributed by atoms with E-state index in [0.717, 1.165) is 16.2 Å². The summed E-state index contributed by atoms with van der Waals surface area (Å²) >= 11 is 2.65. The van der Waals surface area contributed by atoms with Gasteiger partial charge in [0.25, 0.3) is 5.24 Å². The van der Waals surface area contributed by atoms with Crippen molar-refractivity contribution >= 4 is 45.3 Å². The van der Waals surface area contributed by atoms with Crippen LogP contribution < -0.4 is 5.32 Å². The standard InChI is InChI=1S/C18H17N3O3S2/c1-2-25-18(23)21-8-7-13-14(10-19)17(26-15(13)11-21)20-16(22)6-5-12-4-3-9-24-12/h3-6,9H,2,7-8,11H2,1H3,(H,20,22). The second-order valence-corrected chi connectivity index (χ2v) is 7.85. The van der Waals surface area contributed by atoms with Crippen LogP contribution in [0.15, 0.2) is 28.9 Å². The molecule has 0 bridgehead atoms. The van der Waals surface area contributed by atoms with E-state index in [-0.39, 0.29) is 11.1 Å². The molecule has 6 nitrogen and oxygen atoms in total. The zero-order valence-corrected chi connectivity index (χ0v) is 15.8. The number of hydrogen-bond acceptors (Lipinski definition) is 6. The highest BCUT2D eigenvalue weighted by Gasteiger charge is 2.27. The third-order valence-corrected chi connectivity index (χ3v) is 5.80. The Balaban J connectivity index is 1.74. The molecule has 0 aliphatic carbocycles. The number of carbonyl (C=O) groups excluding carboxylic acids is 2. The minimum absolute atomic E-state index is 0.0528. The van der Waals surface area contributed by atoms with E-state index >= 15 is 0 Å². The monoisotopic (exact) mass is 387 g/mol. The topological polar surface area (TPSA) is 86.3 Å². The van der Waals surface area contributed by atoms with E-state index in [0.29, 0.717) is 35.8 Å². The first-order chi connectivity index (χ1) is 12.6. The van der Waals surface area contributed by atoms with Gasteiger partial charge < -0.3 is 14.6 Å². The number of hydrogen-bond donors (Lipinski definition) is 1. The number of nitrogens with one attached hydrogen (secondary N) is 1. The van der Waals surface area contributed by atoms with Gasteiger partial charge >= 0.3 is 0 Å². The summed E-state index contributed by atoms with van der Waals surface area (Å²) in [7, 11) is 0.